The lowest BCUT2D eigenvalue weighted by molar-refractivity contribution is -0.0975. The summed E-state index contributed by atoms with van der Waals surface area (Å²) in [7, 11) is -1.33. The van der Waals surface area contributed by atoms with Crippen molar-refractivity contribution < 1.29 is 13.3 Å². The lowest BCUT2D eigenvalue weighted by Gasteiger charge is -2.43. The molecule has 3 rings (SSSR count). The number of rotatable bonds is 2. The summed E-state index contributed by atoms with van der Waals surface area (Å²) in [6, 6.07) is 4.43. The van der Waals surface area contributed by atoms with Crippen LogP contribution >= 0.6 is 0 Å². The normalized spacial score (nSPS) is 26.6. The number of nitrogen functional groups attached to an aromatic ring is 1. The third kappa shape index (κ3) is 3.14. The summed E-state index contributed by atoms with van der Waals surface area (Å²) in [4.78, 5) is 0.280. The predicted octanol–water partition coefficient (Wildman–Crippen LogP) is 3.40. The zero-order chi connectivity index (χ0) is 14.9. The second-order valence-electron chi connectivity index (χ2n) is 6.19. The fraction of sp³-hybridized carbons (Fsp3) is 0.625. The Balaban J connectivity index is 1.77. The Bertz CT molecular complexity index is 538. The topological polar surface area (TPSA) is 52.3 Å². The van der Waals surface area contributed by atoms with Crippen molar-refractivity contribution in [1.82, 2.24) is 0 Å². The smallest absolute Gasteiger partial charge is 0.141 e. The highest BCUT2D eigenvalue weighted by molar-refractivity contribution is 7.85. The van der Waals surface area contributed by atoms with Gasteiger partial charge >= 0.3 is 0 Å². The van der Waals surface area contributed by atoms with Gasteiger partial charge in [-0.1, -0.05) is 19.3 Å². The molecule has 21 heavy (non-hydrogen) atoms. The molecule has 3 nitrogen and oxygen atoms in total. The van der Waals surface area contributed by atoms with Gasteiger partial charge in [0.2, 0.25) is 0 Å². The minimum absolute atomic E-state index is 0.0185. The van der Waals surface area contributed by atoms with Gasteiger partial charge in [0.25, 0.3) is 0 Å². The standard InChI is InChI=1S/C16H22FNO2S/c17-14-10-12(18)4-5-15(14)21(19)13-6-9-20-16(11-13)7-2-1-3-8-16/h4-5,10,13H,1-3,6-9,11,18H2. The first-order valence-corrected chi connectivity index (χ1v) is 8.91. The molecule has 1 saturated heterocycles. The van der Waals surface area contributed by atoms with Crippen LogP contribution in [-0.2, 0) is 15.5 Å². The summed E-state index contributed by atoms with van der Waals surface area (Å²) in [5, 5.41) is -0.0185. The molecule has 2 N–H and O–H groups in total. The highest BCUT2D eigenvalue weighted by Crippen LogP contribution is 2.40. The molecular formula is C16H22FNO2S. The maximum absolute atomic E-state index is 14.0. The molecule has 1 saturated carbocycles. The second-order valence-corrected chi connectivity index (χ2v) is 7.90. The molecule has 1 heterocycles. The van der Waals surface area contributed by atoms with Crippen LogP contribution < -0.4 is 5.73 Å². The third-order valence-electron chi connectivity index (χ3n) is 4.69. The molecule has 1 aliphatic heterocycles. The van der Waals surface area contributed by atoms with E-state index in [1.807, 2.05) is 0 Å². The number of hydrogen-bond donors (Lipinski definition) is 1. The number of nitrogens with two attached hydrogens (primary N) is 1. The van der Waals surface area contributed by atoms with E-state index in [4.69, 9.17) is 10.5 Å². The second kappa shape index (κ2) is 6.05. The van der Waals surface area contributed by atoms with Crippen LogP contribution in [0.5, 0.6) is 0 Å². The van der Waals surface area contributed by atoms with E-state index in [0.29, 0.717) is 12.3 Å². The number of halogens is 1. The van der Waals surface area contributed by atoms with Crippen molar-refractivity contribution in [1.29, 1.82) is 0 Å². The number of anilines is 1. The molecule has 2 fully saturated rings. The van der Waals surface area contributed by atoms with E-state index < -0.39 is 16.6 Å². The van der Waals surface area contributed by atoms with E-state index in [1.165, 1.54) is 25.3 Å². The fourth-order valence-corrected chi connectivity index (χ4v) is 5.15. The van der Waals surface area contributed by atoms with Crippen molar-refractivity contribution in [2.75, 3.05) is 12.3 Å². The third-order valence-corrected chi connectivity index (χ3v) is 6.46. The molecule has 2 unspecified atom stereocenters. The SMILES string of the molecule is Nc1ccc(S(=O)C2CCOC3(CCCCC3)C2)c(F)c1. The predicted molar refractivity (Wildman–Crippen MR) is 82.0 cm³/mol. The van der Waals surface area contributed by atoms with Crippen molar-refractivity contribution in [3.05, 3.63) is 24.0 Å². The molecule has 1 aromatic rings. The maximum atomic E-state index is 14.0. The summed E-state index contributed by atoms with van der Waals surface area (Å²) < 4.78 is 32.7. The van der Waals surface area contributed by atoms with Crippen molar-refractivity contribution in [3.63, 3.8) is 0 Å². The summed E-state index contributed by atoms with van der Waals surface area (Å²) in [6.07, 6.45) is 7.22. The fourth-order valence-electron chi connectivity index (χ4n) is 3.57. The average molecular weight is 311 g/mol. The van der Waals surface area contributed by atoms with Gasteiger partial charge in [0.05, 0.1) is 21.3 Å². The Morgan fingerprint density at radius 3 is 2.76 bits per heavy atom. The first-order chi connectivity index (χ1) is 10.1. The maximum Gasteiger partial charge on any atom is 0.141 e. The molecule has 2 atom stereocenters. The molecule has 1 aromatic carbocycles. The van der Waals surface area contributed by atoms with Crippen molar-refractivity contribution in [2.45, 2.75) is 60.7 Å². The van der Waals surface area contributed by atoms with Crippen LogP contribution in [0.2, 0.25) is 0 Å². The van der Waals surface area contributed by atoms with Gasteiger partial charge in [0, 0.05) is 17.5 Å². The van der Waals surface area contributed by atoms with Crippen LogP contribution in [0.1, 0.15) is 44.9 Å². The number of ether oxygens (including phenoxy) is 1. The van der Waals surface area contributed by atoms with Gasteiger partial charge in [-0.05, 0) is 43.9 Å². The molecule has 0 amide bonds. The van der Waals surface area contributed by atoms with Crippen LogP contribution in [0.15, 0.2) is 23.1 Å². The van der Waals surface area contributed by atoms with Crippen LogP contribution in [0.3, 0.4) is 0 Å². The van der Waals surface area contributed by atoms with Crippen LogP contribution in [0.4, 0.5) is 10.1 Å². The molecule has 2 aliphatic rings. The summed E-state index contributed by atoms with van der Waals surface area (Å²) in [5.74, 6) is -0.461. The Hall–Kier alpha value is -0.940. The molecule has 116 valence electrons. The van der Waals surface area contributed by atoms with E-state index >= 15 is 0 Å². The van der Waals surface area contributed by atoms with Gasteiger partial charge in [-0.15, -0.1) is 0 Å². The Morgan fingerprint density at radius 1 is 1.29 bits per heavy atom. The van der Waals surface area contributed by atoms with Gasteiger partial charge in [-0.25, -0.2) is 4.39 Å². The molecule has 5 heteroatoms. The molecule has 1 aliphatic carbocycles. The Morgan fingerprint density at radius 2 is 2.05 bits per heavy atom. The quantitative estimate of drug-likeness (QED) is 0.852. The average Bonchev–Trinajstić information content (AvgIpc) is 2.47. The summed E-state index contributed by atoms with van der Waals surface area (Å²) in [5.41, 5.74) is 5.81. The van der Waals surface area contributed by atoms with Gasteiger partial charge in [-0.3, -0.25) is 4.21 Å². The zero-order valence-corrected chi connectivity index (χ0v) is 13.0. The molecule has 0 aromatic heterocycles. The first-order valence-electron chi connectivity index (χ1n) is 7.69. The largest absolute Gasteiger partial charge is 0.399 e. The highest BCUT2D eigenvalue weighted by atomic mass is 32.2. The van der Waals surface area contributed by atoms with Crippen LogP contribution in [-0.4, -0.2) is 21.7 Å². The zero-order valence-electron chi connectivity index (χ0n) is 12.1. The van der Waals surface area contributed by atoms with E-state index in [9.17, 15) is 8.60 Å². The van der Waals surface area contributed by atoms with Crippen molar-refractivity contribution in [3.8, 4) is 0 Å². The van der Waals surface area contributed by atoms with E-state index in [2.05, 4.69) is 0 Å². The van der Waals surface area contributed by atoms with Crippen molar-refractivity contribution in [2.24, 2.45) is 0 Å². The van der Waals surface area contributed by atoms with Gasteiger partial charge in [0.1, 0.15) is 5.82 Å². The van der Waals surface area contributed by atoms with E-state index in [-0.39, 0.29) is 15.7 Å². The lowest BCUT2D eigenvalue weighted by Crippen LogP contribution is -2.44. The van der Waals surface area contributed by atoms with Gasteiger partial charge < -0.3 is 10.5 Å². The minimum Gasteiger partial charge on any atom is -0.399 e. The lowest BCUT2D eigenvalue weighted by atomic mass is 9.80. The van der Waals surface area contributed by atoms with E-state index in [1.54, 1.807) is 12.1 Å². The van der Waals surface area contributed by atoms with E-state index in [0.717, 1.165) is 25.7 Å². The summed E-state index contributed by atoms with van der Waals surface area (Å²) in [6.45, 7) is 0.632. The molecular weight excluding hydrogens is 289 g/mol. The molecule has 0 bridgehead atoms. The van der Waals surface area contributed by atoms with Crippen molar-refractivity contribution >= 4 is 16.5 Å². The highest BCUT2D eigenvalue weighted by Gasteiger charge is 2.40. The Labute approximate surface area is 127 Å². The minimum atomic E-state index is -1.33. The number of hydrogen-bond acceptors (Lipinski definition) is 3. The summed E-state index contributed by atoms with van der Waals surface area (Å²) >= 11 is 0. The molecule has 1 spiro atoms. The molecule has 0 radical (unpaired) electrons. The van der Waals surface area contributed by atoms with Gasteiger partial charge in [-0.2, -0.15) is 0 Å². The Kier molecular flexibility index (Phi) is 4.31. The van der Waals surface area contributed by atoms with Crippen LogP contribution in [0, 0.1) is 5.82 Å². The number of benzene rings is 1. The monoisotopic (exact) mass is 311 g/mol. The van der Waals surface area contributed by atoms with Crippen LogP contribution in [0.25, 0.3) is 0 Å². The van der Waals surface area contributed by atoms with Gasteiger partial charge in [0.15, 0.2) is 0 Å². The first kappa shape index (κ1) is 15.0.